The second-order valence-electron chi connectivity index (χ2n) is 7.08. The quantitative estimate of drug-likeness (QED) is 0.190. The Hall–Kier alpha value is -0.440. The number of hydrogen-bond donors (Lipinski definition) is 7. The summed E-state index contributed by atoms with van der Waals surface area (Å²) in [5.41, 5.74) is 0. The molecule has 0 bridgehead atoms. The van der Waals surface area contributed by atoms with E-state index in [0.717, 1.165) is 12.8 Å². The van der Waals surface area contributed by atoms with Crippen molar-refractivity contribution in [1.82, 2.24) is 0 Å². The van der Waals surface area contributed by atoms with Crippen molar-refractivity contribution >= 4 is 0 Å². The molecule has 0 aromatic carbocycles. The molecule has 2 aliphatic heterocycles. The topological polar surface area (TPSA) is 179 Å². The molecule has 0 saturated carbocycles. The molecule has 2 rings (SSSR count). The lowest BCUT2D eigenvalue weighted by atomic mass is 9.97. The highest BCUT2D eigenvalue weighted by Crippen LogP contribution is 2.29. The Labute approximate surface area is 163 Å². The Morgan fingerprint density at radius 2 is 1.29 bits per heavy atom. The summed E-state index contributed by atoms with van der Waals surface area (Å²) >= 11 is 0. The van der Waals surface area contributed by atoms with Gasteiger partial charge in [0.15, 0.2) is 12.6 Å². The van der Waals surface area contributed by atoms with Crippen LogP contribution in [0.15, 0.2) is 0 Å². The van der Waals surface area contributed by atoms with Crippen LogP contribution in [-0.4, -0.2) is 117 Å². The normalized spacial score (nSPS) is 44.6. The Morgan fingerprint density at radius 1 is 0.714 bits per heavy atom. The van der Waals surface area contributed by atoms with Crippen LogP contribution in [0.5, 0.6) is 0 Å². The van der Waals surface area contributed by atoms with Gasteiger partial charge in [0.1, 0.15) is 48.8 Å². The fourth-order valence-corrected chi connectivity index (χ4v) is 3.22. The van der Waals surface area contributed by atoms with Crippen LogP contribution in [0, 0.1) is 0 Å². The van der Waals surface area contributed by atoms with E-state index in [0.29, 0.717) is 6.42 Å². The summed E-state index contributed by atoms with van der Waals surface area (Å²) in [5, 5.41) is 69.0. The molecular weight excluding hydrogens is 380 g/mol. The number of unbranched alkanes of at least 4 members (excludes halogenated alkanes) is 2. The van der Waals surface area contributed by atoms with Gasteiger partial charge in [-0.05, 0) is 6.42 Å². The molecule has 10 atom stereocenters. The summed E-state index contributed by atoms with van der Waals surface area (Å²) in [5.74, 6) is 0. The van der Waals surface area contributed by atoms with E-state index in [2.05, 4.69) is 0 Å². The maximum absolute atomic E-state index is 10.4. The molecule has 11 nitrogen and oxygen atoms in total. The van der Waals surface area contributed by atoms with Crippen LogP contribution in [0.25, 0.3) is 0 Å². The van der Waals surface area contributed by atoms with Crippen LogP contribution in [-0.2, 0) is 18.9 Å². The van der Waals surface area contributed by atoms with E-state index in [1.165, 1.54) is 0 Å². The van der Waals surface area contributed by atoms with Gasteiger partial charge in [0, 0.05) is 6.61 Å². The fourth-order valence-electron chi connectivity index (χ4n) is 3.22. The van der Waals surface area contributed by atoms with E-state index in [4.69, 9.17) is 18.9 Å². The molecule has 2 heterocycles. The van der Waals surface area contributed by atoms with Crippen molar-refractivity contribution in [2.45, 2.75) is 87.6 Å². The van der Waals surface area contributed by atoms with Gasteiger partial charge in [-0.25, -0.2) is 0 Å². The van der Waals surface area contributed by atoms with Gasteiger partial charge in [0.25, 0.3) is 0 Å². The van der Waals surface area contributed by atoms with Crippen LogP contribution in [0.1, 0.15) is 26.2 Å². The van der Waals surface area contributed by atoms with Crippen molar-refractivity contribution in [3.8, 4) is 0 Å². The Morgan fingerprint density at radius 3 is 1.86 bits per heavy atom. The monoisotopic (exact) mass is 412 g/mol. The largest absolute Gasteiger partial charge is 0.394 e. The maximum atomic E-state index is 10.4. The van der Waals surface area contributed by atoms with Crippen LogP contribution in [0.3, 0.4) is 0 Å². The lowest BCUT2D eigenvalue weighted by Crippen LogP contribution is -2.64. The molecule has 2 saturated heterocycles. The summed E-state index contributed by atoms with van der Waals surface area (Å²) < 4.78 is 21.9. The molecule has 0 amide bonds. The van der Waals surface area contributed by atoms with Crippen molar-refractivity contribution in [2.24, 2.45) is 0 Å². The van der Waals surface area contributed by atoms with Gasteiger partial charge in [-0.15, -0.1) is 0 Å². The number of hydrogen-bond acceptors (Lipinski definition) is 11. The van der Waals surface area contributed by atoms with Gasteiger partial charge >= 0.3 is 0 Å². The van der Waals surface area contributed by atoms with Crippen molar-refractivity contribution < 1.29 is 54.7 Å². The first-order chi connectivity index (χ1) is 13.3. The summed E-state index contributed by atoms with van der Waals surface area (Å²) in [6.45, 7) is 1.10. The third-order valence-electron chi connectivity index (χ3n) is 4.99. The molecule has 2 fully saturated rings. The molecule has 2 aliphatic rings. The van der Waals surface area contributed by atoms with E-state index < -0.39 is 74.6 Å². The van der Waals surface area contributed by atoms with Gasteiger partial charge in [-0.2, -0.15) is 0 Å². The molecule has 0 aliphatic carbocycles. The average Bonchev–Trinajstić information content (AvgIpc) is 2.70. The number of aliphatic hydroxyl groups excluding tert-OH is 7. The van der Waals surface area contributed by atoms with E-state index in [-0.39, 0.29) is 6.61 Å². The first-order valence-electron chi connectivity index (χ1n) is 9.55. The highest BCUT2D eigenvalue weighted by molar-refractivity contribution is 4.93. The Kier molecular flexibility index (Phi) is 9.44. The minimum Gasteiger partial charge on any atom is -0.394 e. The molecule has 28 heavy (non-hydrogen) atoms. The highest BCUT2D eigenvalue weighted by atomic mass is 16.8. The van der Waals surface area contributed by atoms with Crippen molar-refractivity contribution in [2.75, 3.05) is 19.8 Å². The molecule has 0 aromatic rings. The van der Waals surface area contributed by atoms with Crippen molar-refractivity contribution in [3.05, 3.63) is 0 Å². The first-order valence-corrected chi connectivity index (χ1v) is 9.55. The molecule has 0 aromatic heterocycles. The standard InChI is InChI=1S/C17H32O11/c1-2-3-4-5-25-17-15(13(23)11(21)9(7-19)27-17)28-16-14(24)12(22)10(20)8(6-18)26-16/h8-24H,2-7H2,1H3/t8-,9-,10-,11-,12+,13+,14-,15-,16+,17-/m1/s1. The Bertz CT molecular complexity index is 451. The average molecular weight is 412 g/mol. The smallest absolute Gasteiger partial charge is 0.187 e. The zero-order valence-corrected chi connectivity index (χ0v) is 15.8. The van der Waals surface area contributed by atoms with Gasteiger partial charge in [-0.3, -0.25) is 0 Å². The Balaban J connectivity index is 2.10. The van der Waals surface area contributed by atoms with Crippen LogP contribution >= 0.6 is 0 Å². The minimum absolute atomic E-state index is 0.272. The van der Waals surface area contributed by atoms with Gasteiger partial charge < -0.3 is 54.7 Å². The van der Waals surface area contributed by atoms with E-state index in [9.17, 15) is 35.7 Å². The van der Waals surface area contributed by atoms with Crippen molar-refractivity contribution in [3.63, 3.8) is 0 Å². The molecule has 0 spiro atoms. The lowest BCUT2D eigenvalue weighted by molar-refractivity contribution is -0.367. The first kappa shape index (κ1) is 23.8. The predicted octanol–water partition coefficient (Wildman–Crippen LogP) is -3.18. The molecule has 166 valence electrons. The third kappa shape index (κ3) is 5.37. The van der Waals surface area contributed by atoms with E-state index >= 15 is 0 Å². The van der Waals surface area contributed by atoms with Gasteiger partial charge in [-0.1, -0.05) is 19.8 Å². The second-order valence-corrected chi connectivity index (χ2v) is 7.08. The molecule has 7 N–H and O–H groups in total. The number of rotatable bonds is 9. The van der Waals surface area contributed by atoms with Crippen molar-refractivity contribution in [1.29, 1.82) is 0 Å². The van der Waals surface area contributed by atoms with E-state index in [1.807, 2.05) is 6.92 Å². The fraction of sp³-hybridized carbons (Fsp3) is 1.00. The number of ether oxygens (including phenoxy) is 4. The highest BCUT2D eigenvalue weighted by Gasteiger charge is 2.50. The SMILES string of the molecule is CCCCCO[C@@H]1O[C@H](CO)[C@@H](O)[C@H](O)[C@H]1O[C@@H]1O[C@H](CO)[C@@H](O)[C@H](O)[C@H]1O. The summed E-state index contributed by atoms with van der Waals surface area (Å²) in [6, 6.07) is 0. The number of aliphatic hydroxyl groups is 7. The molecule has 0 unspecified atom stereocenters. The minimum atomic E-state index is -1.68. The summed E-state index contributed by atoms with van der Waals surface area (Å²) in [6.07, 6.45) is -11.7. The van der Waals surface area contributed by atoms with E-state index in [1.54, 1.807) is 0 Å². The predicted molar refractivity (Wildman–Crippen MR) is 91.9 cm³/mol. The zero-order chi connectivity index (χ0) is 20.8. The second kappa shape index (κ2) is 11.1. The summed E-state index contributed by atoms with van der Waals surface area (Å²) in [7, 11) is 0. The van der Waals surface area contributed by atoms with Gasteiger partial charge in [0.2, 0.25) is 0 Å². The lowest BCUT2D eigenvalue weighted by Gasteiger charge is -2.45. The third-order valence-corrected chi connectivity index (χ3v) is 4.99. The molecular formula is C17H32O11. The molecule has 0 radical (unpaired) electrons. The van der Waals surface area contributed by atoms with Crippen LogP contribution in [0.2, 0.25) is 0 Å². The van der Waals surface area contributed by atoms with Gasteiger partial charge in [0.05, 0.1) is 13.2 Å². The van der Waals surface area contributed by atoms with Crippen LogP contribution in [0.4, 0.5) is 0 Å². The molecule has 11 heteroatoms. The summed E-state index contributed by atoms with van der Waals surface area (Å²) in [4.78, 5) is 0. The zero-order valence-electron chi connectivity index (χ0n) is 15.8. The van der Waals surface area contributed by atoms with Crippen LogP contribution < -0.4 is 0 Å². The maximum Gasteiger partial charge on any atom is 0.187 e.